The van der Waals surface area contributed by atoms with Gasteiger partial charge in [0, 0.05) is 49.5 Å². The number of nitrogens with one attached hydrogen (secondary N) is 2. The van der Waals surface area contributed by atoms with Crippen LogP contribution in [0.1, 0.15) is 59.6 Å². The van der Waals surface area contributed by atoms with Crippen LogP contribution in [-0.4, -0.2) is 36.4 Å². The Labute approximate surface area is 176 Å². The molecule has 1 rings (SSSR count). The summed E-state index contributed by atoms with van der Waals surface area (Å²) in [7, 11) is 3.91. The number of anilines is 2. The Balaban J connectivity index is 3.48. The van der Waals surface area contributed by atoms with Gasteiger partial charge in [-0.1, -0.05) is 19.1 Å². The number of pyridine rings is 1. The first-order valence-corrected chi connectivity index (χ1v) is 10.1. The summed E-state index contributed by atoms with van der Waals surface area (Å²) in [4.78, 5) is 8.77. The smallest absolute Gasteiger partial charge is 0.135 e. The molecule has 0 bridgehead atoms. The fraction of sp³-hybridized carbons (Fsp3) is 0.478. The van der Waals surface area contributed by atoms with Gasteiger partial charge in [-0.25, -0.2) is 4.98 Å². The number of rotatable bonds is 10. The minimum absolute atomic E-state index is 0.271. The lowest BCUT2D eigenvalue weighted by Gasteiger charge is -2.25. The van der Waals surface area contributed by atoms with Crippen molar-refractivity contribution in [1.29, 1.82) is 5.41 Å². The standard InChI is InChI=1S/C23H37N5O/c1-9-16(4)25-15-20(14-24)23(29)19-12-21(27(7)17(5)10-2)26-22(13-19)28(8)18(6)11-3/h10-16,23-25,29H,9H2,1-8H3/b17-10-,18-11-,20-15+,24-14?. The zero-order chi connectivity index (χ0) is 22.1. The summed E-state index contributed by atoms with van der Waals surface area (Å²) in [6.45, 7) is 12.2. The number of nitrogens with zero attached hydrogens (tertiary/aromatic N) is 3. The summed E-state index contributed by atoms with van der Waals surface area (Å²) in [6.07, 6.45) is 7.00. The van der Waals surface area contributed by atoms with Crippen molar-refractivity contribution in [1.82, 2.24) is 10.3 Å². The number of hydrogen-bond acceptors (Lipinski definition) is 6. The third kappa shape index (κ3) is 6.46. The van der Waals surface area contributed by atoms with Crippen molar-refractivity contribution < 1.29 is 5.11 Å². The molecule has 0 spiro atoms. The molecular formula is C23H37N5O. The summed E-state index contributed by atoms with van der Waals surface area (Å²) in [5, 5.41) is 22.0. The van der Waals surface area contributed by atoms with Gasteiger partial charge in [0.15, 0.2) is 0 Å². The molecule has 0 saturated heterocycles. The molecule has 2 unspecified atom stereocenters. The topological polar surface area (TPSA) is 75.5 Å². The van der Waals surface area contributed by atoms with E-state index in [1.165, 1.54) is 6.21 Å². The van der Waals surface area contributed by atoms with Gasteiger partial charge in [-0.15, -0.1) is 0 Å². The Morgan fingerprint density at radius 2 is 1.62 bits per heavy atom. The van der Waals surface area contributed by atoms with Crippen molar-refractivity contribution in [2.45, 2.75) is 60.1 Å². The Hall–Kier alpha value is -2.60. The molecule has 1 aromatic heterocycles. The van der Waals surface area contributed by atoms with Gasteiger partial charge in [0.25, 0.3) is 0 Å². The molecule has 6 nitrogen and oxygen atoms in total. The van der Waals surface area contributed by atoms with Crippen LogP contribution in [0.4, 0.5) is 11.6 Å². The van der Waals surface area contributed by atoms with E-state index in [0.717, 1.165) is 29.5 Å². The second-order valence-corrected chi connectivity index (χ2v) is 7.26. The van der Waals surface area contributed by atoms with Crippen molar-refractivity contribution in [2.75, 3.05) is 23.9 Å². The summed E-state index contributed by atoms with van der Waals surface area (Å²) >= 11 is 0. The number of allylic oxidation sites excluding steroid dienone is 4. The third-order valence-corrected chi connectivity index (χ3v) is 5.35. The molecule has 160 valence electrons. The number of aromatic nitrogens is 1. The molecular weight excluding hydrogens is 362 g/mol. The molecule has 0 aliphatic carbocycles. The molecule has 0 amide bonds. The monoisotopic (exact) mass is 399 g/mol. The Kier molecular flexibility index (Phi) is 9.62. The minimum atomic E-state index is -0.928. The molecule has 0 aromatic carbocycles. The van der Waals surface area contributed by atoms with Crippen LogP contribution in [0.15, 0.2) is 47.5 Å². The second-order valence-electron chi connectivity index (χ2n) is 7.26. The number of aliphatic hydroxyl groups is 1. The quantitative estimate of drug-likeness (QED) is 0.495. The first kappa shape index (κ1) is 24.4. The SMILES string of the molecule is C/C=C(/C)N(C)c1cc(C(O)/C(C=N)=C/NC(C)CC)cc(N(C)/C(C)=C\C)n1. The van der Waals surface area contributed by atoms with Gasteiger partial charge in [-0.3, -0.25) is 0 Å². The largest absolute Gasteiger partial charge is 0.388 e. The predicted molar refractivity (Wildman–Crippen MR) is 125 cm³/mol. The van der Waals surface area contributed by atoms with Gasteiger partial charge in [0.2, 0.25) is 0 Å². The van der Waals surface area contributed by atoms with Crippen molar-refractivity contribution in [3.8, 4) is 0 Å². The first-order chi connectivity index (χ1) is 13.7. The van der Waals surface area contributed by atoms with Gasteiger partial charge >= 0.3 is 0 Å². The van der Waals surface area contributed by atoms with Gasteiger partial charge in [-0.05, 0) is 58.7 Å². The van der Waals surface area contributed by atoms with E-state index in [2.05, 4.69) is 19.2 Å². The molecule has 29 heavy (non-hydrogen) atoms. The van der Waals surface area contributed by atoms with E-state index in [4.69, 9.17) is 10.4 Å². The van der Waals surface area contributed by atoms with Crippen LogP contribution in [0, 0.1) is 5.41 Å². The molecule has 1 aromatic rings. The molecule has 2 atom stereocenters. The Morgan fingerprint density at radius 1 is 1.14 bits per heavy atom. The molecule has 1 heterocycles. The van der Waals surface area contributed by atoms with E-state index in [1.807, 2.05) is 75.9 Å². The lowest BCUT2D eigenvalue weighted by atomic mass is 10.0. The molecule has 6 heteroatoms. The fourth-order valence-electron chi connectivity index (χ4n) is 2.52. The van der Waals surface area contributed by atoms with Crippen LogP contribution >= 0.6 is 0 Å². The normalized spacial score (nSPS) is 15.0. The van der Waals surface area contributed by atoms with Gasteiger partial charge in [0.05, 0.1) is 0 Å². The van der Waals surface area contributed by atoms with Crippen molar-refractivity contribution in [2.24, 2.45) is 0 Å². The molecule has 0 radical (unpaired) electrons. The maximum atomic E-state index is 11.0. The van der Waals surface area contributed by atoms with E-state index in [9.17, 15) is 5.11 Å². The summed E-state index contributed by atoms with van der Waals surface area (Å²) in [6, 6.07) is 4.02. The van der Waals surface area contributed by atoms with Crippen molar-refractivity contribution in [3.05, 3.63) is 53.0 Å². The summed E-state index contributed by atoms with van der Waals surface area (Å²) in [5.41, 5.74) is 3.31. The van der Waals surface area contributed by atoms with E-state index in [0.29, 0.717) is 11.1 Å². The average molecular weight is 400 g/mol. The van der Waals surface area contributed by atoms with Crippen LogP contribution in [0.25, 0.3) is 0 Å². The zero-order valence-electron chi connectivity index (χ0n) is 19.1. The molecule has 0 aliphatic heterocycles. The van der Waals surface area contributed by atoms with Crippen LogP contribution in [0.2, 0.25) is 0 Å². The van der Waals surface area contributed by atoms with E-state index in [1.54, 1.807) is 6.20 Å². The third-order valence-electron chi connectivity index (χ3n) is 5.35. The fourth-order valence-corrected chi connectivity index (χ4v) is 2.52. The summed E-state index contributed by atoms with van der Waals surface area (Å²) in [5.74, 6) is 1.48. The van der Waals surface area contributed by atoms with Crippen molar-refractivity contribution >= 4 is 17.9 Å². The van der Waals surface area contributed by atoms with Crippen molar-refractivity contribution in [3.63, 3.8) is 0 Å². The second kappa shape index (κ2) is 11.4. The molecule has 3 N–H and O–H groups in total. The molecule has 0 aliphatic rings. The summed E-state index contributed by atoms with van der Waals surface area (Å²) < 4.78 is 0. The lowest BCUT2D eigenvalue weighted by molar-refractivity contribution is 0.221. The Bertz CT molecular complexity index is 739. The maximum absolute atomic E-state index is 11.0. The highest BCUT2D eigenvalue weighted by Gasteiger charge is 2.18. The van der Waals surface area contributed by atoms with E-state index < -0.39 is 6.10 Å². The van der Waals surface area contributed by atoms with Gasteiger partial charge in [0.1, 0.15) is 17.7 Å². The highest BCUT2D eigenvalue weighted by Crippen LogP contribution is 2.29. The zero-order valence-corrected chi connectivity index (χ0v) is 19.1. The molecule has 0 fully saturated rings. The highest BCUT2D eigenvalue weighted by molar-refractivity contribution is 5.78. The lowest BCUT2D eigenvalue weighted by Crippen LogP contribution is -2.22. The van der Waals surface area contributed by atoms with Crippen LogP contribution in [-0.2, 0) is 0 Å². The first-order valence-electron chi connectivity index (χ1n) is 10.1. The van der Waals surface area contributed by atoms with Crippen LogP contribution < -0.4 is 15.1 Å². The van der Waals surface area contributed by atoms with Crippen LogP contribution in [0.5, 0.6) is 0 Å². The predicted octanol–water partition coefficient (Wildman–Crippen LogP) is 4.76. The van der Waals surface area contributed by atoms with Gasteiger partial charge < -0.3 is 25.6 Å². The van der Waals surface area contributed by atoms with Gasteiger partial charge in [-0.2, -0.15) is 0 Å². The molecule has 0 saturated carbocycles. The Morgan fingerprint density at radius 3 is 2.00 bits per heavy atom. The minimum Gasteiger partial charge on any atom is -0.388 e. The highest BCUT2D eigenvalue weighted by atomic mass is 16.3. The average Bonchev–Trinajstić information content (AvgIpc) is 2.76. The number of aliphatic hydroxyl groups excluding tert-OH is 1. The maximum Gasteiger partial charge on any atom is 0.135 e. The number of hydrogen-bond donors (Lipinski definition) is 3. The van der Waals surface area contributed by atoms with E-state index >= 15 is 0 Å². The van der Waals surface area contributed by atoms with Crippen LogP contribution in [0.3, 0.4) is 0 Å². The van der Waals surface area contributed by atoms with E-state index in [-0.39, 0.29) is 6.04 Å².